The fourth-order valence-corrected chi connectivity index (χ4v) is 2.06. The maximum atomic E-state index is 13.7. The Hall–Kier alpha value is -1.80. The highest BCUT2D eigenvalue weighted by atomic mass is 35.5. The van der Waals surface area contributed by atoms with E-state index >= 15 is 0 Å². The topological polar surface area (TPSA) is 21.3 Å². The van der Waals surface area contributed by atoms with Crippen molar-refractivity contribution in [2.75, 3.05) is 5.32 Å². The van der Waals surface area contributed by atoms with Crippen LogP contribution in [-0.4, -0.2) is 6.18 Å². The lowest BCUT2D eigenvalue weighted by molar-refractivity contribution is -0.242. The van der Waals surface area contributed by atoms with Crippen molar-refractivity contribution >= 4 is 17.3 Å². The highest BCUT2D eigenvalue weighted by Gasteiger charge is 2.59. The van der Waals surface area contributed by atoms with Gasteiger partial charge in [-0.1, -0.05) is 31.4 Å². The largest absolute Gasteiger partial charge is 0.467 e. The highest BCUT2D eigenvalue weighted by Crippen LogP contribution is 2.46. The summed E-state index contributed by atoms with van der Waals surface area (Å²) in [7, 11) is 0. The Balaban J connectivity index is 2.74. The lowest BCUT2D eigenvalue weighted by atomic mass is 9.91. The number of anilines is 1. The molecule has 1 aromatic carbocycles. The average Bonchev–Trinajstić information content (AvgIpc) is 2.55. The van der Waals surface area contributed by atoms with Crippen LogP contribution in [0.3, 0.4) is 0 Å². The summed E-state index contributed by atoms with van der Waals surface area (Å²) < 4.78 is 46.1. The zero-order valence-electron chi connectivity index (χ0n) is 11.4. The molecule has 0 amide bonds. The quantitative estimate of drug-likeness (QED) is 0.702. The van der Waals surface area contributed by atoms with Gasteiger partial charge >= 0.3 is 6.18 Å². The summed E-state index contributed by atoms with van der Waals surface area (Å²) in [6, 6.07) is 4.19. The number of halogens is 4. The van der Waals surface area contributed by atoms with Gasteiger partial charge in [-0.25, -0.2) is 0 Å². The third kappa shape index (κ3) is 2.96. The zero-order chi connectivity index (χ0) is 15.7. The first-order valence-electron chi connectivity index (χ1n) is 6.25. The van der Waals surface area contributed by atoms with Gasteiger partial charge in [-0.05, 0) is 24.1 Å². The van der Waals surface area contributed by atoms with Gasteiger partial charge in [-0.3, -0.25) is 0 Å². The number of fused-ring (bicyclic) bond motifs is 1. The minimum Gasteiger partial charge on any atom is -0.467 e. The SMILES string of the molecule is CC(C)C#C[C@]1(C(F)(F)F)OC=CNc2ccc(Cl)cc21. The van der Waals surface area contributed by atoms with Gasteiger partial charge in [0.1, 0.15) is 6.26 Å². The Kier molecular flexibility index (Phi) is 4.11. The van der Waals surface area contributed by atoms with Crippen LogP contribution in [0.25, 0.3) is 0 Å². The number of nitrogens with one attached hydrogen (secondary N) is 1. The first-order valence-corrected chi connectivity index (χ1v) is 6.63. The van der Waals surface area contributed by atoms with Crippen LogP contribution in [0.4, 0.5) is 18.9 Å². The summed E-state index contributed by atoms with van der Waals surface area (Å²) in [6.07, 6.45) is -2.47. The molecular formula is C15H13ClF3NO. The number of hydrogen-bond donors (Lipinski definition) is 1. The van der Waals surface area contributed by atoms with Crippen LogP contribution in [0.2, 0.25) is 5.02 Å². The highest BCUT2D eigenvalue weighted by molar-refractivity contribution is 6.30. The number of rotatable bonds is 0. The van der Waals surface area contributed by atoms with E-state index in [4.69, 9.17) is 16.3 Å². The van der Waals surface area contributed by atoms with Crippen molar-refractivity contribution in [3.8, 4) is 11.8 Å². The second-order valence-corrected chi connectivity index (χ2v) is 5.29. The fraction of sp³-hybridized carbons (Fsp3) is 0.333. The predicted molar refractivity (Wildman–Crippen MR) is 75.6 cm³/mol. The van der Waals surface area contributed by atoms with Crippen molar-refractivity contribution < 1.29 is 17.9 Å². The van der Waals surface area contributed by atoms with Gasteiger partial charge in [0.25, 0.3) is 5.60 Å². The van der Waals surface area contributed by atoms with E-state index in [1.165, 1.54) is 24.4 Å². The summed E-state index contributed by atoms with van der Waals surface area (Å²) in [6.45, 7) is 3.42. The van der Waals surface area contributed by atoms with Crippen molar-refractivity contribution in [1.82, 2.24) is 0 Å². The van der Waals surface area contributed by atoms with Gasteiger partial charge < -0.3 is 10.1 Å². The molecule has 1 heterocycles. The maximum absolute atomic E-state index is 13.7. The molecule has 0 saturated heterocycles. The molecule has 1 aromatic rings. The van der Waals surface area contributed by atoms with Crippen molar-refractivity contribution in [3.05, 3.63) is 41.2 Å². The molecule has 0 aliphatic carbocycles. The van der Waals surface area contributed by atoms with Gasteiger partial charge in [0.15, 0.2) is 0 Å². The number of hydrogen-bond acceptors (Lipinski definition) is 2. The van der Waals surface area contributed by atoms with Crippen molar-refractivity contribution in [2.24, 2.45) is 5.92 Å². The van der Waals surface area contributed by atoms with Gasteiger partial charge in [-0.15, -0.1) is 0 Å². The minimum atomic E-state index is -4.72. The van der Waals surface area contributed by atoms with Crippen LogP contribution in [0.15, 0.2) is 30.7 Å². The second-order valence-electron chi connectivity index (χ2n) is 4.86. The molecule has 6 heteroatoms. The van der Waals surface area contributed by atoms with Crippen LogP contribution in [0, 0.1) is 17.8 Å². The first-order chi connectivity index (χ1) is 9.76. The first kappa shape index (κ1) is 15.6. The van der Waals surface area contributed by atoms with E-state index in [0.717, 1.165) is 6.26 Å². The van der Waals surface area contributed by atoms with E-state index < -0.39 is 11.8 Å². The number of alkyl halides is 3. The summed E-state index contributed by atoms with van der Waals surface area (Å²) in [5.41, 5.74) is -2.64. The Bertz CT molecular complexity index is 628. The second kappa shape index (κ2) is 5.53. The summed E-state index contributed by atoms with van der Waals surface area (Å²) in [5, 5.41) is 2.92. The van der Waals surface area contributed by atoms with E-state index in [-0.39, 0.29) is 22.2 Å². The molecule has 0 spiro atoms. The zero-order valence-corrected chi connectivity index (χ0v) is 12.1. The number of benzene rings is 1. The molecule has 0 unspecified atom stereocenters. The molecule has 0 fully saturated rings. The van der Waals surface area contributed by atoms with E-state index in [9.17, 15) is 13.2 Å². The minimum absolute atomic E-state index is 0.152. The Morgan fingerprint density at radius 1 is 1.33 bits per heavy atom. The Morgan fingerprint density at radius 2 is 2.05 bits per heavy atom. The van der Waals surface area contributed by atoms with E-state index in [2.05, 4.69) is 17.2 Å². The monoisotopic (exact) mass is 315 g/mol. The van der Waals surface area contributed by atoms with Gasteiger partial charge in [0.2, 0.25) is 0 Å². The Labute approximate surface area is 125 Å². The van der Waals surface area contributed by atoms with E-state index in [1.807, 2.05) is 0 Å². The summed E-state index contributed by atoms with van der Waals surface area (Å²) in [5.74, 6) is 4.58. The summed E-state index contributed by atoms with van der Waals surface area (Å²) in [4.78, 5) is 0. The predicted octanol–water partition coefficient (Wildman–Crippen LogP) is 4.67. The molecule has 0 aromatic heterocycles. The van der Waals surface area contributed by atoms with Crippen molar-refractivity contribution in [3.63, 3.8) is 0 Å². The fourth-order valence-electron chi connectivity index (χ4n) is 1.89. The molecule has 0 saturated carbocycles. The molecule has 0 radical (unpaired) electrons. The van der Waals surface area contributed by atoms with Gasteiger partial charge in [0.05, 0.1) is 0 Å². The molecule has 1 atom stereocenters. The van der Waals surface area contributed by atoms with Crippen LogP contribution in [0.5, 0.6) is 0 Å². The molecule has 0 bridgehead atoms. The van der Waals surface area contributed by atoms with Gasteiger partial charge in [-0.2, -0.15) is 13.2 Å². The standard InChI is InChI=1S/C15H13ClF3NO/c1-10(2)5-6-14(15(17,18)19)12-9-11(16)3-4-13(12)20-7-8-21-14/h3-4,7-10,20H,1-2H3/t14-/m0/s1. The molecule has 1 N–H and O–H groups in total. The molecule has 1 aliphatic heterocycles. The molecule has 112 valence electrons. The lowest BCUT2D eigenvalue weighted by Crippen LogP contribution is -2.42. The smallest absolute Gasteiger partial charge is 0.444 e. The molecule has 21 heavy (non-hydrogen) atoms. The van der Waals surface area contributed by atoms with Crippen LogP contribution >= 0.6 is 11.6 Å². The molecule has 2 nitrogen and oxygen atoms in total. The molecule has 1 aliphatic rings. The molecule has 2 rings (SSSR count). The maximum Gasteiger partial charge on any atom is 0.444 e. The van der Waals surface area contributed by atoms with Crippen molar-refractivity contribution in [1.29, 1.82) is 0 Å². The van der Waals surface area contributed by atoms with Crippen LogP contribution in [0.1, 0.15) is 19.4 Å². The van der Waals surface area contributed by atoms with E-state index in [1.54, 1.807) is 13.8 Å². The summed E-state index contributed by atoms with van der Waals surface area (Å²) >= 11 is 5.85. The van der Waals surface area contributed by atoms with Crippen LogP contribution < -0.4 is 5.32 Å². The third-order valence-corrected chi connectivity index (χ3v) is 3.08. The van der Waals surface area contributed by atoms with Crippen LogP contribution in [-0.2, 0) is 10.3 Å². The normalized spacial score (nSPS) is 20.7. The van der Waals surface area contributed by atoms with Gasteiger partial charge in [0, 0.05) is 28.4 Å². The third-order valence-electron chi connectivity index (χ3n) is 2.85. The van der Waals surface area contributed by atoms with E-state index in [0.29, 0.717) is 0 Å². The average molecular weight is 316 g/mol. The Morgan fingerprint density at radius 3 is 2.67 bits per heavy atom. The molecular weight excluding hydrogens is 303 g/mol. The number of ether oxygens (including phenoxy) is 1. The van der Waals surface area contributed by atoms with Crippen molar-refractivity contribution in [2.45, 2.75) is 25.6 Å². The lowest BCUT2D eigenvalue weighted by Gasteiger charge is -2.30.